The van der Waals surface area contributed by atoms with Gasteiger partial charge in [-0.05, 0) is 76.4 Å². The van der Waals surface area contributed by atoms with Crippen LogP contribution in [0.4, 0.5) is 0 Å². The Hall–Kier alpha value is -0.383. The summed E-state index contributed by atoms with van der Waals surface area (Å²) in [6.45, 7) is 5.55. The second-order valence-corrected chi connectivity index (χ2v) is 6.81. The smallest absolute Gasteiger partial charge is 0.304 e. The topological polar surface area (TPSA) is 18.5 Å². The second kappa shape index (κ2) is 13.3. The first-order chi connectivity index (χ1) is 10.4. The zero-order valence-electron chi connectivity index (χ0n) is 14.2. The summed E-state index contributed by atoms with van der Waals surface area (Å²) < 4.78 is 9.98. The van der Waals surface area contributed by atoms with Gasteiger partial charge in [0.05, 0.1) is 0 Å². The fraction of sp³-hybridized carbons (Fsp3) is 0.778. The molecule has 0 saturated heterocycles. The first-order valence-electron chi connectivity index (χ1n) is 8.92. The minimum atomic E-state index is -0.589. The van der Waals surface area contributed by atoms with Gasteiger partial charge < -0.3 is 8.85 Å². The van der Waals surface area contributed by atoms with Crippen LogP contribution in [0.2, 0.25) is 0 Å². The van der Waals surface area contributed by atoms with E-state index in [0.29, 0.717) is 0 Å². The summed E-state index contributed by atoms with van der Waals surface area (Å²) in [7, 11) is -0.589. The molecule has 0 amide bonds. The first-order valence-corrected chi connectivity index (χ1v) is 10.1. The predicted molar refractivity (Wildman–Crippen MR) is 94.1 cm³/mol. The van der Waals surface area contributed by atoms with Gasteiger partial charge >= 0.3 is 10.0 Å². The zero-order valence-corrected chi connectivity index (χ0v) is 15.6. The summed E-state index contributed by atoms with van der Waals surface area (Å²) in [5, 5.41) is 0. The van der Waals surface area contributed by atoms with Gasteiger partial charge in [-0.1, -0.05) is 25.0 Å². The van der Waals surface area contributed by atoms with Crippen molar-refractivity contribution in [3.05, 3.63) is 23.3 Å². The molecule has 0 aromatic heterocycles. The van der Waals surface area contributed by atoms with Crippen LogP contribution in [0.15, 0.2) is 23.3 Å². The van der Waals surface area contributed by atoms with Gasteiger partial charge in [0.25, 0.3) is 0 Å². The molecule has 2 nitrogen and oxygen atoms in total. The van der Waals surface area contributed by atoms with Crippen LogP contribution >= 0.6 is 0 Å². The monoisotopic (exact) mass is 310 g/mol. The highest BCUT2D eigenvalue weighted by molar-refractivity contribution is 6.17. The lowest BCUT2D eigenvalue weighted by Crippen LogP contribution is -2.02. The first kappa shape index (κ1) is 18.7. The minimum absolute atomic E-state index is 0.589. The largest absolute Gasteiger partial charge is 0.399 e. The van der Waals surface area contributed by atoms with Crippen LogP contribution in [-0.4, -0.2) is 23.2 Å². The average Bonchev–Trinajstić information content (AvgIpc) is 2.93. The number of hydrogen-bond acceptors (Lipinski definition) is 2. The summed E-state index contributed by atoms with van der Waals surface area (Å²) in [5.74, 6) is 0. The molecule has 2 aliphatic carbocycles. The molecule has 0 radical (unpaired) electrons. The van der Waals surface area contributed by atoms with Crippen LogP contribution in [0.5, 0.6) is 0 Å². The van der Waals surface area contributed by atoms with Gasteiger partial charge in [-0.15, -0.1) is 0 Å². The normalized spacial score (nSPS) is 19.5. The molecule has 0 aromatic carbocycles. The maximum atomic E-state index is 4.99. The van der Waals surface area contributed by atoms with E-state index in [4.69, 9.17) is 8.85 Å². The van der Waals surface area contributed by atoms with E-state index in [0.717, 1.165) is 13.2 Å². The molecule has 0 unspecified atom stereocenters. The molecular formula is C18H34O2Si. The lowest BCUT2D eigenvalue weighted by molar-refractivity contribution is 0.240. The maximum Gasteiger partial charge on any atom is 0.304 e. The molecule has 0 N–H and O–H groups in total. The minimum Gasteiger partial charge on any atom is -0.399 e. The Balaban J connectivity index is 0.000000270. The molecular weight excluding hydrogens is 276 g/mol. The van der Waals surface area contributed by atoms with E-state index < -0.39 is 10.0 Å². The van der Waals surface area contributed by atoms with Crippen molar-refractivity contribution >= 4 is 10.0 Å². The van der Waals surface area contributed by atoms with Gasteiger partial charge in [0.2, 0.25) is 0 Å². The van der Waals surface area contributed by atoms with Crippen molar-refractivity contribution < 1.29 is 8.85 Å². The van der Waals surface area contributed by atoms with Gasteiger partial charge in [-0.25, -0.2) is 0 Å². The Morgan fingerprint density at radius 1 is 0.762 bits per heavy atom. The summed E-state index contributed by atoms with van der Waals surface area (Å²) in [5.41, 5.74) is 3.40. The molecule has 0 fully saturated rings. The van der Waals surface area contributed by atoms with E-state index in [-0.39, 0.29) is 0 Å². The fourth-order valence-electron chi connectivity index (χ4n) is 2.84. The molecule has 0 aliphatic heterocycles. The highest BCUT2D eigenvalue weighted by Gasteiger charge is 2.09. The Labute approximate surface area is 134 Å². The third-order valence-corrected chi connectivity index (χ3v) is 5.22. The van der Waals surface area contributed by atoms with Gasteiger partial charge in [0.1, 0.15) is 0 Å². The van der Waals surface area contributed by atoms with Crippen LogP contribution in [-0.2, 0) is 8.85 Å². The molecule has 0 saturated carbocycles. The Morgan fingerprint density at radius 2 is 1.24 bits per heavy atom. The van der Waals surface area contributed by atoms with Crippen molar-refractivity contribution in [1.82, 2.24) is 0 Å². The van der Waals surface area contributed by atoms with E-state index in [2.05, 4.69) is 12.2 Å². The SMILES string of the molecule is C1=C(C2=CCCCCC2)CCCCC1.CCO[SiH2]OCC. The van der Waals surface area contributed by atoms with Crippen LogP contribution in [0, 0.1) is 0 Å². The van der Waals surface area contributed by atoms with Crippen molar-refractivity contribution in [2.24, 2.45) is 0 Å². The molecule has 0 spiro atoms. The van der Waals surface area contributed by atoms with Gasteiger partial charge in [0.15, 0.2) is 0 Å². The lowest BCUT2D eigenvalue weighted by Gasteiger charge is -2.09. The quantitative estimate of drug-likeness (QED) is 0.535. The lowest BCUT2D eigenvalue weighted by atomic mass is 9.97. The Kier molecular flexibility index (Phi) is 11.8. The average molecular weight is 311 g/mol. The van der Waals surface area contributed by atoms with E-state index >= 15 is 0 Å². The van der Waals surface area contributed by atoms with Crippen molar-refractivity contribution in [3.63, 3.8) is 0 Å². The third kappa shape index (κ3) is 9.28. The molecule has 122 valence electrons. The van der Waals surface area contributed by atoms with E-state index in [9.17, 15) is 0 Å². The van der Waals surface area contributed by atoms with Gasteiger partial charge in [-0.2, -0.15) is 0 Å². The molecule has 21 heavy (non-hydrogen) atoms. The predicted octanol–water partition coefficient (Wildman–Crippen LogP) is 4.83. The van der Waals surface area contributed by atoms with Crippen LogP contribution < -0.4 is 0 Å². The summed E-state index contributed by atoms with van der Waals surface area (Å²) in [4.78, 5) is 0. The number of hydrogen-bond donors (Lipinski definition) is 0. The molecule has 2 aliphatic rings. The van der Waals surface area contributed by atoms with Crippen molar-refractivity contribution in [2.45, 2.75) is 78.1 Å². The molecule has 2 rings (SSSR count). The van der Waals surface area contributed by atoms with Crippen molar-refractivity contribution in [1.29, 1.82) is 0 Å². The van der Waals surface area contributed by atoms with Gasteiger partial charge in [-0.3, -0.25) is 0 Å². The van der Waals surface area contributed by atoms with Crippen LogP contribution in [0.25, 0.3) is 0 Å². The third-order valence-electron chi connectivity index (χ3n) is 4.07. The van der Waals surface area contributed by atoms with Gasteiger partial charge in [0, 0.05) is 13.2 Å². The number of allylic oxidation sites excluding steroid dienone is 4. The highest BCUT2D eigenvalue weighted by atomic mass is 28.3. The van der Waals surface area contributed by atoms with Crippen LogP contribution in [0.1, 0.15) is 78.1 Å². The molecule has 0 aromatic rings. The van der Waals surface area contributed by atoms with E-state index in [1.54, 1.807) is 11.1 Å². The highest BCUT2D eigenvalue weighted by Crippen LogP contribution is 2.29. The van der Waals surface area contributed by atoms with E-state index in [1.165, 1.54) is 64.2 Å². The second-order valence-electron chi connectivity index (χ2n) is 5.76. The Morgan fingerprint density at radius 3 is 1.67 bits per heavy atom. The fourth-order valence-corrected chi connectivity index (χ4v) is 3.29. The van der Waals surface area contributed by atoms with E-state index in [1.807, 2.05) is 13.8 Å². The molecule has 0 atom stereocenters. The van der Waals surface area contributed by atoms with Crippen LogP contribution in [0.3, 0.4) is 0 Å². The molecule has 0 bridgehead atoms. The maximum absolute atomic E-state index is 4.99. The molecule has 0 heterocycles. The summed E-state index contributed by atoms with van der Waals surface area (Å²) in [6, 6.07) is 0. The summed E-state index contributed by atoms with van der Waals surface area (Å²) >= 11 is 0. The zero-order chi connectivity index (χ0) is 15.2. The Bertz CT molecular complexity index is 280. The standard InChI is InChI=1S/C14H22.C4H12O2Si/c1-2-6-10-13(9-5-1)14-11-7-3-4-8-12-14;1-3-5-7-6-4-2/h9,11H,1-8,10,12H2;3-4,7H2,1-2H3. The summed E-state index contributed by atoms with van der Waals surface area (Å²) in [6.07, 6.45) is 18.9. The molecule has 3 heteroatoms. The van der Waals surface area contributed by atoms with Crippen molar-refractivity contribution in [3.8, 4) is 0 Å². The number of rotatable bonds is 5. The van der Waals surface area contributed by atoms with Crippen molar-refractivity contribution in [2.75, 3.05) is 13.2 Å².